The van der Waals surface area contributed by atoms with Crippen molar-refractivity contribution >= 4 is 11.9 Å². The molecule has 230 valence electrons. The minimum Gasteiger partial charge on any atom is -0.496 e. The Morgan fingerprint density at radius 3 is 2.31 bits per heavy atom. The second-order valence-corrected chi connectivity index (χ2v) is 12.4. The van der Waals surface area contributed by atoms with Crippen LogP contribution in [-0.2, 0) is 27.0 Å². The number of hydrogen-bond donors (Lipinski definition) is 2. The molecular weight excluding hydrogens is 549 g/mol. The third-order valence-corrected chi connectivity index (χ3v) is 8.76. The summed E-state index contributed by atoms with van der Waals surface area (Å²) in [6.45, 7) is 5.79. The number of ether oxygens (including phenoxy) is 2. The molecule has 1 heterocycles. The van der Waals surface area contributed by atoms with Crippen molar-refractivity contribution in [1.29, 1.82) is 0 Å². The predicted molar refractivity (Wildman–Crippen MR) is 152 cm³/mol. The van der Waals surface area contributed by atoms with Crippen molar-refractivity contribution < 1.29 is 37.3 Å². The molecule has 6 atom stereocenters. The molecule has 0 radical (unpaired) electrons. The zero-order chi connectivity index (χ0) is 30.8. The van der Waals surface area contributed by atoms with Crippen molar-refractivity contribution in [3.63, 3.8) is 0 Å². The Kier molecular flexibility index (Phi) is 9.57. The maximum atomic E-state index is 14.3. The minimum absolute atomic E-state index is 0.0166. The van der Waals surface area contributed by atoms with Gasteiger partial charge in [-0.15, -0.1) is 0 Å². The topological polar surface area (TPSA) is 88.1 Å². The van der Waals surface area contributed by atoms with Gasteiger partial charge in [0, 0.05) is 37.1 Å². The van der Waals surface area contributed by atoms with Crippen LogP contribution in [0.3, 0.4) is 0 Å². The summed E-state index contributed by atoms with van der Waals surface area (Å²) in [7, 11) is 3.02. The van der Waals surface area contributed by atoms with Gasteiger partial charge < -0.3 is 24.8 Å². The number of methoxy groups -OCH3 is 2. The van der Waals surface area contributed by atoms with Crippen LogP contribution in [-0.4, -0.2) is 54.3 Å². The summed E-state index contributed by atoms with van der Waals surface area (Å²) >= 11 is 0. The SMILES string of the molecule is COc1ccc(C(F)(F)F)cc1CN[C@H]1[C@H](C(C)(C)C)[C@@H](C(=O)O)N(C(=O)[C@@H]2CCC[C@@H](OC)C2)[C@H]1c1ccccc1. The van der Waals surface area contributed by atoms with Gasteiger partial charge in [0.25, 0.3) is 0 Å². The van der Waals surface area contributed by atoms with Crippen molar-refractivity contribution in [3.8, 4) is 5.75 Å². The normalized spacial score (nSPS) is 26.7. The van der Waals surface area contributed by atoms with E-state index in [9.17, 15) is 27.9 Å². The zero-order valence-electron chi connectivity index (χ0n) is 24.8. The van der Waals surface area contributed by atoms with Crippen LogP contribution in [0.15, 0.2) is 48.5 Å². The van der Waals surface area contributed by atoms with E-state index in [1.807, 2.05) is 51.1 Å². The highest BCUT2D eigenvalue weighted by Gasteiger charge is 2.58. The van der Waals surface area contributed by atoms with E-state index in [-0.39, 0.29) is 30.2 Å². The number of alkyl halides is 3. The largest absolute Gasteiger partial charge is 0.496 e. The third-order valence-electron chi connectivity index (χ3n) is 8.76. The molecule has 2 N–H and O–H groups in total. The monoisotopic (exact) mass is 590 g/mol. The van der Waals surface area contributed by atoms with Crippen LogP contribution >= 0.6 is 0 Å². The molecule has 1 saturated carbocycles. The summed E-state index contributed by atoms with van der Waals surface area (Å²) in [6, 6.07) is 10.2. The van der Waals surface area contributed by atoms with Crippen LogP contribution < -0.4 is 10.1 Å². The first kappa shape index (κ1) is 31.8. The van der Waals surface area contributed by atoms with Gasteiger partial charge in [-0.1, -0.05) is 57.5 Å². The van der Waals surface area contributed by atoms with Gasteiger partial charge in [0.15, 0.2) is 0 Å². The van der Waals surface area contributed by atoms with Gasteiger partial charge in [-0.3, -0.25) is 4.79 Å². The Bertz CT molecular complexity index is 1250. The zero-order valence-corrected chi connectivity index (χ0v) is 24.8. The molecule has 10 heteroatoms. The summed E-state index contributed by atoms with van der Waals surface area (Å²) in [4.78, 5) is 28.9. The van der Waals surface area contributed by atoms with E-state index in [1.165, 1.54) is 18.1 Å². The van der Waals surface area contributed by atoms with Crippen molar-refractivity contribution in [2.75, 3.05) is 14.2 Å². The number of hydrogen-bond acceptors (Lipinski definition) is 5. The van der Waals surface area contributed by atoms with Gasteiger partial charge >= 0.3 is 12.1 Å². The van der Waals surface area contributed by atoms with E-state index >= 15 is 0 Å². The maximum absolute atomic E-state index is 14.3. The maximum Gasteiger partial charge on any atom is 0.416 e. The van der Waals surface area contributed by atoms with Crippen molar-refractivity contribution in [3.05, 3.63) is 65.2 Å². The van der Waals surface area contributed by atoms with Gasteiger partial charge in [0.2, 0.25) is 5.91 Å². The molecule has 2 aromatic rings. The molecule has 0 spiro atoms. The summed E-state index contributed by atoms with van der Waals surface area (Å²) in [5.74, 6) is -2.01. The summed E-state index contributed by atoms with van der Waals surface area (Å²) in [5, 5.41) is 14.1. The summed E-state index contributed by atoms with van der Waals surface area (Å²) in [5.41, 5.74) is -0.332. The van der Waals surface area contributed by atoms with Gasteiger partial charge in [-0.2, -0.15) is 13.2 Å². The molecule has 0 bridgehead atoms. The molecule has 7 nitrogen and oxygen atoms in total. The number of carboxylic acids is 1. The first-order chi connectivity index (χ1) is 19.8. The molecule has 1 saturated heterocycles. The first-order valence-electron chi connectivity index (χ1n) is 14.4. The fourth-order valence-corrected chi connectivity index (χ4v) is 6.84. The molecule has 0 aromatic heterocycles. The minimum atomic E-state index is -4.54. The molecule has 2 fully saturated rings. The second kappa shape index (κ2) is 12.6. The Balaban J connectivity index is 1.81. The second-order valence-electron chi connectivity index (χ2n) is 12.4. The van der Waals surface area contributed by atoms with Crippen LogP contribution in [0.1, 0.15) is 69.2 Å². The van der Waals surface area contributed by atoms with Crippen molar-refractivity contribution in [2.24, 2.45) is 17.3 Å². The Morgan fingerprint density at radius 2 is 1.74 bits per heavy atom. The fraction of sp³-hybridized carbons (Fsp3) is 0.562. The number of benzene rings is 2. The number of carbonyl (C=O) groups excluding carboxylic acids is 1. The predicted octanol–water partition coefficient (Wildman–Crippen LogP) is 6.08. The molecule has 1 aliphatic carbocycles. The number of carboxylic acid groups (broad SMARTS) is 1. The number of nitrogens with zero attached hydrogens (tertiary/aromatic N) is 1. The molecule has 4 rings (SSSR count). The summed E-state index contributed by atoms with van der Waals surface area (Å²) in [6.07, 6.45) is -1.81. The van der Waals surface area contributed by atoms with Crippen LogP contribution in [0, 0.1) is 17.3 Å². The Labute approximate surface area is 245 Å². The number of halogens is 3. The van der Waals surface area contributed by atoms with Gasteiger partial charge in [-0.05, 0) is 48.4 Å². The van der Waals surface area contributed by atoms with Crippen LogP contribution in [0.2, 0.25) is 0 Å². The lowest BCUT2D eigenvalue weighted by Gasteiger charge is -2.36. The molecule has 0 unspecified atom stereocenters. The standard InChI is InChI=1S/C32H41F3N2O5/c1-31(2,3)25-26(36-18-21-16-22(32(33,34)35)14-15-24(21)42-5)27(19-10-7-6-8-11-19)37(28(25)30(39)40)29(38)20-12-9-13-23(17-20)41-4/h6-8,10-11,14-16,20,23,25-28,36H,9,12-13,17-18H2,1-5H3,(H,39,40)/t20-,23-,25+,26+,27+,28+/m1/s1. The van der Waals surface area contributed by atoms with Gasteiger partial charge in [-0.25, -0.2) is 4.79 Å². The number of nitrogens with one attached hydrogen (secondary N) is 1. The van der Waals surface area contributed by atoms with Crippen LogP contribution in [0.4, 0.5) is 13.2 Å². The lowest BCUT2D eigenvalue weighted by atomic mass is 9.72. The Morgan fingerprint density at radius 1 is 1.05 bits per heavy atom. The van der Waals surface area contributed by atoms with Crippen LogP contribution in [0.25, 0.3) is 0 Å². The first-order valence-corrected chi connectivity index (χ1v) is 14.4. The number of carbonyl (C=O) groups is 2. The highest BCUT2D eigenvalue weighted by Crippen LogP contribution is 2.49. The Hall–Kier alpha value is -3.11. The average molecular weight is 591 g/mol. The number of aliphatic carboxylic acids is 1. The molecule has 42 heavy (non-hydrogen) atoms. The van der Waals surface area contributed by atoms with Crippen molar-refractivity contribution in [2.45, 2.75) is 83.4 Å². The van der Waals surface area contributed by atoms with Gasteiger partial charge in [0.1, 0.15) is 11.8 Å². The van der Waals surface area contributed by atoms with E-state index in [0.29, 0.717) is 18.4 Å². The molecule has 2 aromatic carbocycles. The quantitative estimate of drug-likeness (QED) is 0.388. The molecule has 1 amide bonds. The van der Waals surface area contributed by atoms with Crippen LogP contribution in [0.5, 0.6) is 5.75 Å². The number of rotatable bonds is 8. The van der Waals surface area contributed by atoms with E-state index in [1.54, 1.807) is 7.11 Å². The fourth-order valence-electron chi connectivity index (χ4n) is 6.84. The third kappa shape index (κ3) is 6.59. The number of likely N-dealkylation sites (tertiary alicyclic amines) is 1. The average Bonchev–Trinajstić information content (AvgIpc) is 3.31. The smallest absolute Gasteiger partial charge is 0.416 e. The molecule has 2 aliphatic rings. The van der Waals surface area contributed by atoms with E-state index in [4.69, 9.17) is 9.47 Å². The highest BCUT2D eigenvalue weighted by molar-refractivity contribution is 5.87. The lowest BCUT2D eigenvalue weighted by molar-refractivity contribution is -0.155. The van der Waals surface area contributed by atoms with E-state index in [2.05, 4.69) is 5.32 Å². The summed E-state index contributed by atoms with van der Waals surface area (Å²) < 4.78 is 51.7. The van der Waals surface area contributed by atoms with E-state index in [0.717, 1.165) is 30.5 Å². The number of amides is 1. The molecular formula is C32H41F3N2O5. The molecule has 1 aliphatic heterocycles. The van der Waals surface area contributed by atoms with Crippen molar-refractivity contribution in [1.82, 2.24) is 10.2 Å². The van der Waals surface area contributed by atoms with E-state index < -0.39 is 47.2 Å². The highest BCUT2D eigenvalue weighted by atomic mass is 19.4. The van der Waals surface area contributed by atoms with Gasteiger partial charge in [0.05, 0.1) is 24.8 Å². The lowest BCUT2D eigenvalue weighted by Crippen LogP contribution is -2.49.